The van der Waals surface area contributed by atoms with Crippen molar-refractivity contribution < 1.29 is 4.79 Å². The molecule has 1 atom stereocenters. The maximum absolute atomic E-state index is 12.7. The maximum Gasteiger partial charge on any atom is 0.253 e. The topological polar surface area (TPSA) is 73.6 Å². The number of rotatable bonds is 4. The molecule has 3 N–H and O–H groups in total. The summed E-state index contributed by atoms with van der Waals surface area (Å²) in [5.74, 6) is -0.0846. The zero-order valence-corrected chi connectivity index (χ0v) is 13.8. The molecular weight excluding hydrogens is 312 g/mol. The lowest BCUT2D eigenvalue weighted by Gasteiger charge is -2.13. The Morgan fingerprint density at radius 2 is 1.92 bits per heavy atom. The van der Waals surface area contributed by atoms with E-state index in [-0.39, 0.29) is 11.9 Å². The number of aromatic amines is 2. The van der Waals surface area contributed by atoms with Gasteiger partial charge in [-0.05, 0) is 24.1 Å². The molecule has 0 aliphatic rings. The fourth-order valence-corrected chi connectivity index (χ4v) is 3.00. The Bertz CT molecular complexity index is 1000. The molecule has 2 aromatic carbocycles. The van der Waals surface area contributed by atoms with Crippen molar-refractivity contribution in [2.75, 3.05) is 0 Å². The molecule has 4 aromatic rings. The van der Waals surface area contributed by atoms with E-state index in [1.807, 2.05) is 61.7 Å². The summed E-state index contributed by atoms with van der Waals surface area (Å²) in [6, 6.07) is 15.9. The first-order valence-electron chi connectivity index (χ1n) is 8.18. The molecule has 0 aliphatic carbocycles. The van der Waals surface area contributed by atoms with E-state index in [9.17, 15) is 4.79 Å². The number of nitrogens with zero attached hydrogens (tertiary/aromatic N) is 1. The van der Waals surface area contributed by atoms with Gasteiger partial charge in [-0.15, -0.1) is 0 Å². The third-order valence-electron chi connectivity index (χ3n) is 4.41. The number of carbonyl (C=O) groups is 1. The lowest BCUT2D eigenvalue weighted by Crippen LogP contribution is -2.26. The second kappa shape index (κ2) is 6.28. The van der Waals surface area contributed by atoms with Gasteiger partial charge in [-0.25, -0.2) is 0 Å². The zero-order chi connectivity index (χ0) is 17.2. The van der Waals surface area contributed by atoms with Gasteiger partial charge < -0.3 is 10.3 Å². The van der Waals surface area contributed by atoms with Crippen LogP contribution < -0.4 is 5.32 Å². The summed E-state index contributed by atoms with van der Waals surface area (Å²) in [7, 11) is 0. The van der Waals surface area contributed by atoms with Gasteiger partial charge in [0.2, 0.25) is 0 Å². The van der Waals surface area contributed by atoms with Crippen LogP contribution in [-0.4, -0.2) is 21.1 Å². The van der Waals surface area contributed by atoms with Gasteiger partial charge in [0.05, 0.1) is 17.8 Å². The van der Waals surface area contributed by atoms with Crippen LogP contribution in [0.1, 0.15) is 28.9 Å². The largest absolute Gasteiger partial charge is 0.360 e. The molecule has 0 saturated carbocycles. The summed E-state index contributed by atoms with van der Waals surface area (Å²) in [6.45, 7) is 1.99. The van der Waals surface area contributed by atoms with Crippen LogP contribution in [0, 0.1) is 0 Å². The molecule has 2 heterocycles. The van der Waals surface area contributed by atoms with Gasteiger partial charge in [0.25, 0.3) is 5.91 Å². The quantitative estimate of drug-likeness (QED) is 0.528. The molecule has 0 fully saturated rings. The van der Waals surface area contributed by atoms with E-state index in [2.05, 4.69) is 20.5 Å². The smallest absolute Gasteiger partial charge is 0.253 e. The molecule has 0 saturated heterocycles. The minimum absolute atomic E-state index is 0.0520. The fraction of sp³-hybridized carbons (Fsp3) is 0.100. The molecule has 1 amide bonds. The number of hydrogen-bond acceptors (Lipinski definition) is 2. The van der Waals surface area contributed by atoms with E-state index >= 15 is 0 Å². The predicted octanol–water partition coefficient (Wildman–Crippen LogP) is 4.05. The number of carbonyl (C=O) groups excluding carboxylic acids is 1. The molecule has 0 spiro atoms. The van der Waals surface area contributed by atoms with E-state index in [0.29, 0.717) is 5.56 Å². The standard InChI is InChI=1S/C20H18N4O/c1-13(14-5-3-2-4-6-14)24-20(25)18-12-21-19-9-15(7-8-17(18)19)16-10-22-23-11-16/h2-13,21H,1H3,(H,22,23)(H,24,25)/t13-/m1/s1. The van der Waals surface area contributed by atoms with Crippen LogP contribution in [0.5, 0.6) is 0 Å². The Balaban J connectivity index is 1.60. The van der Waals surface area contributed by atoms with Crippen LogP contribution >= 0.6 is 0 Å². The summed E-state index contributed by atoms with van der Waals surface area (Å²) in [6.07, 6.45) is 5.38. The fourth-order valence-electron chi connectivity index (χ4n) is 3.00. The Labute approximate surface area is 145 Å². The average Bonchev–Trinajstić information content (AvgIpc) is 3.31. The van der Waals surface area contributed by atoms with Crippen LogP contribution in [0.25, 0.3) is 22.0 Å². The number of H-pyrrole nitrogens is 2. The molecule has 25 heavy (non-hydrogen) atoms. The molecule has 4 rings (SSSR count). The molecule has 0 unspecified atom stereocenters. The number of amides is 1. The maximum atomic E-state index is 12.7. The summed E-state index contributed by atoms with van der Waals surface area (Å²) in [5.41, 5.74) is 4.72. The van der Waals surface area contributed by atoms with Crippen LogP contribution in [0.4, 0.5) is 0 Å². The van der Waals surface area contributed by atoms with Crippen molar-refractivity contribution in [3.05, 3.63) is 78.2 Å². The Morgan fingerprint density at radius 1 is 1.08 bits per heavy atom. The van der Waals surface area contributed by atoms with Gasteiger partial charge in [0, 0.05) is 28.9 Å². The number of fused-ring (bicyclic) bond motifs is 1. The van der Waals surface area contributed by atoms with Gasteiger partial charge in [-0.2, -0.15) is 5.10 Å². The van der Waals surface area contributed by atoms with E-state index in [0.717, 1.165) is 27.6 Å². The molecule has 2 aromatic heterocycles. The third kappa shape index (κ3) is 2.92. The van der Waals surface area contributed by atoms with E-state index in [1.54, 1.807) is 12.4 Å². The molecule has 0 radical (unpaired) electrons. The van der Waals surface area contributed by atoms with Crippen LogP contribution in [0.2, 0.25) is 0 Å². The van der Waals surface area contributed by atoms with Gasteiger partial charge >= 0.3 is 0 Å². The Morgan fingerprint density at radius 3 is 2.68 bits per heavy atom. The van der Waals surface area contributed by atoms with Crippen LogP contribution in [0.15, 0.2) is 67.1 Å². The lowest BCUT2D eigenvalue weighted by molar-refractivity contribution is 0.0941. The van der Waals surface area contributed by atoms with Crippen molar-refractivity contribution in [3.8, 4) is 11.1 Å². The zero-order valence-electron chi connectivity index (χ0n) is 13.8. The van der Waals surface area contributed by atoms with Crippen molar-refractivity contribution in [3.63, 3.8) is 0 Å². The molecule has 0 aliphatic heterocycles. The summed E-state index contributed by atoms with van der Waals surface area (Å²) < 4.78 is 0. The molecular formula is C20H18N4O. The van der Waals surface area contributed by atoms with Crippen molar-refractivity contribution in [1.82, 2.24) is 20.5 Å². The van der Waals surface area contributed by atoms with Crippen molar-refractivity contribution in [2.45, 2.75) is 13.0 Å². The van der Waals surface area contributed by atoms with Crippen molar-refractivity contribution in [1.29, 1.82) is 0 Å². The minimum Gasteiger partial charge on any atom is -0.360 e. The first kappa shape index (κ1) is 15.2. The third-order valence-corrected chi connectivity index (χ3v) is 4.41. The summed E-state index contributed by atoms with van der Waals surface area (Å²) in [5, 5.41) is 10.8. The number of benzene rings is 2. The summed E-state index contributed by atoms with van der Waals surface area (Å²) >= 11 is 0. The van der Waals surface area contributed by atoms with E-state index < -0.39 is 0 Å². The molecule has 5 heteroatoms. The first-order valence-corrected chi connectivity index (χ1v) is 8.18. The highest BCUT2D eigenvalue weighted by molar-refractivity contribution is 6.07. The van der Waals surface area contributed by atoms with Gasteiger partial charge in [-0.1, -0.05) is 42.5 Å². The van der Waals surface area contributed by atoms with Crippen molar-refractivity contribution >= 4 is 16.8 Å². The van der Waals surface area contributed by atoms with E-state index in [1.165, 1.54) is 0 Å². The van der Waals surface area contributed by atoms with Crippen LogP contribution in [0.3, 0.4) is 0 Å². The second-order valence-electron chi connectivity index (χ2n) is 6.06. The minimum atomic E-state index is -0.0846. The normalized spacial score (nSPS) is 12.2. The van der Waals surface area contributed by atoms with Gasteiger partial charge in [0.1, 0.15) is 0 Å². The SMILES string of the molecule is C[C@@H](NC(=O)c1c[nH]c2cc(-c3cn[nH]c3)ccc12)c1ccccc1. The second-order valence-corrected chi connectivity index (χ2v) is 6.06. The highest BCUT2D eigenvalue weighted by Gasteiger charge is 2.15. The highest BCUT2D eigenvalue weighted by atomic mass is 16.1. The van der Waals surface area contributed by atoms with Crippen LogP contribution in [-0.2, 0) is 0 Å². The van der Waals surface area contributed by atoms with Crippen molar-refractivity contribution in [2.24, 2.45) is 0 Å². The molecule has 0 bridgehead atoms. The average molecular weight is 330 g/mol. The number of aromatic nitrogens is 3. The van der Waals surface area contributed by atoms with E-state index in [4.69, 9.17) is 0 Å². The molecule has 5 nitrogen and oxygen atoms in total. The highest BCUT2D eigenvalue weighted by Crippen LogP contribution is 2.25. The Hall–Kier alpha value is -3.34. The van der Waals surface area contributed by atoms with Gasteiger partial charge in [-0.3, -0.25) is 9.89 Å². The monoisotopic (exact) mass is 330 g/mol. The lowest BCUT2D eigenvalue weighted by atomic mass is 10.1. The number of nitrogens with one attached hydrogen (secondary N) is 3. The Kier molecular flexibility index (Phi) is 3.82. The predicted molar refractivity (Wildman–Crippen MR) is 98.2 cm³/mol. The van der Waals surface area contributed by atoms with Gasteiger partial charge in [0.15, 0.2) is 0 Å². The number of hydrogen-bond donors (Lipinski definition) is 3. The first-order chi connectivity index (χ1) is 12.2. The summed E-state index contributed by atoms with van der Waals surface area (Å²) in [4.78, 5) is 15.9. The molecule has 124 valence electrons.